The number of ether oxygens (including phenoxy) is 1. The van der Waals surface area contributed by atoms with E-state index in [0.717, 1.165) is 53.0 Å². The van der Waals surface area contributed by atoms with Crippen LogP contribution in [-0.4, -0.2) is 24.4 Å². The van der Waals surface area contributed by atoms with E-state index < -0.39 is 11.2 Å². The number of amides is 2. The minimum atomic E-state index is -0.630. The van der Waals surface area contributed by atoms with Gasteiger partial charge in [0.2, 0.25) is 5.91 Å². The molecule has 0 fully saturated rings. The number of nitrogens with one attached hydrogen (secondary N) is 2. The monoisotopic (exact) mass is 652 g/mol. The number of carbonyl (C=O) groups is 3. The average Bonchev–Trinajstić information content (AvgIpc) is 3.16. The van der Waals surface area contributed by atoms with Crippen molar-refractivity contribution in [3.63, 3.8) is 0 Å². The topological polar surface area (TPSA) is 84.5 Å². The van der Waals surface area contributed by atoms with Crippen LogP contribution in [-0.2, 0) is 22.4 Å². The summed E-state index contributed by atoms with van der Waals surface area (Å²) in [6, 6.07) is 21.5. The zero-order valence-corrected chi connectivity index (χ0v) is 26.6. The van der Waals surface area contributed by atoms with Crippen molar-refractivity contribution in [1.82, 2.24) is 0 Å². The van der Waals surface area contributed by atoms with Gasteiger partial charge in [-0.1, -0.05) is 66.0 Å². The van der Waals surface area contributed by atoms with Crippen LogP contribution in [0.5, 0.6) is 0 Å². The standard InChI is InChI=1S/C33H30Cl2N2O4S2/c1-2-41-33(40)28-25-14-7-4-8-15-27(25)43-32(28)37-31(39)29(20-10-5-3-6-11-20)42-23-13-9-12-22(19-23)36-30(38)24-17-16-21(34)18-26(24)35/h3,5-6,9-13,16-19,29H,2,4,7-8,14-15H2,1H3,(H,36,38)(H,37,39). The summed E-state index contributed by atoms with van der Waals surface area (Å²) in [4.78, 5) is 41.9. The summed E-state index contributed by atoms with van der Waals surface area (Å²) in [5.74, 6) is -1.02. The first-order valence-electron chi connectivity index (χ1n) is 14.0. The summed E-state index contributed by atoms with van der Waals surface area (Å²) in [5, 5.41) is 6.57. The van der Waals surface area contributed by atoms with Gasteiger partial charge in [-0.15, -0.1) is 23.1 Å². The predicted octanol–water partition coefficient (Wildman–Crippen LogP) is 9.22. The first-order valence-corrected chi connectivity index (χ1v) is 16.5. The third kappa shape index (κ3) is 7.62. The summed E-state index contributed by atoms with van der Waals surface area (Å²) >= 11 is 15.0. The van der Waals surface area contributed by atoms with Crippen LogP contribution in [0.3, 0.4) is 0 Å². The van der Waals surface area contributed by atoms with Crippen LogP contribution in [0.1, 0.15) is 68.2 Å². The van der Waals surface area contributed by atoms with Gasteiger partial charge in [0.05, 0.1) is 22.8 Å². The molecule has 0 aliphatic heterocycles. The molecule has 10 heteroatoms. The second-order valence-corrected chi connectivity index (χ2v) is 13.1. The summed E-state index contributed by atoms with van der Waals surface area (Å²) in [7, 11) is 0. The van der Waals surface area contributed by atoms with Crippen molar-refractivity contribution in [2.45, 2.75) is 49.2 Å². The minimum Gasteiger partial charge on any atom is -0.462 e. The first kappa shape index (κ1) is 31.1. The van der Waals surface area contributed by atoms with E-state index in [0.29, 0.717) is 26.8 Å². The van der Waals surface area contributed by atoms with Gasteiger partial charge in [-0.05, 0) is 80.1 Å². The fraction of sp³-hybridized carbons (Fsp3) is 0.242. The van der Waals surface area contributed by atoms with Crippen molar-refractivity contribution < 1.29 is 19.1 Å². The molecule has 2 N–H and O–H groups in total. The van der Waals surface area contributed by atoms with Crippen LogP contribution in [0.25, 0.3) is 0 Å². The highest BCUT2D eigenvalue weighted by Crippen LogP contribution is 2.41. The van der Waals surface area contributed by atoms with Crippen molar-refractivity contribution in [3.8, 4) is 0 Å². The van der Waals surface area contributed by atoms with E-state index in [9.17, 15) is 14.4 Å². The quantitative estimate of drug-likeness (QED) is 0.107. The molecule has 1 aliphatic carbocycles. The lowest BCUT2D eigenvalue weighted by Gasteiger charge is -2.18. The largest absolute Gasteiger partial charge is 0.462 e. The van der Waals surface area contributed by atoms with Crippen LogP contribution in [0.4, 0.5) is 10.7 Å². The Morgan fingerprint density at radius 1 is 0.930 bits per heavy atom. The van der Waals surface area contributed by atoms with Gasteiger partial charge in [-0.3, -0.25) is 9.59 Å². The third-order valence-electron chi connectivity index (χ3n) is 7.00. The SMILES string of the molecule is CCOC(=O)c1c(NC(=O)C(Sc2cccc(NC(=O)c3ccc(Cl)cc3Cl)c2)c2ccccc2)sc2c1CCCCC2. The molecule has 1 aliphatic rings. The molecule has 1 heterocycles. The van der Waals surface area contributed by atoms with E-state index in [1.165, 1.54) is 29.2 Å². The molecule has 222 valence electrons. The predicted molar refractivity (Wildman–Crippen MR) is 176 cm³/mol. The maximum Gasteiger partial charge on any atom is 0.341 e. The van der Waals surface area contributed by atoms with Crippen LogP contribution in [0, 0.1) is 0 Å². The molecule has 43 heavy (non-hydrogen) atoms. The fourth-order valence-corrected chi connectivity index (χ4v) is 7.84. The molecule has 0 bridgehead atoms. The third-order valence-corrected chi connectivity index (χ3v) is 10.0. The smallest absolute Gasteiger partial charge is 0.341 e. The molecular weight excluding hydrogens is 623 g/mol. The molecule has 4 aromatic rings. The zero-order chi connectivity index (χ0) is 30.3. The molecule has 2 amide bonds. The van der Waals surface area contributed by atoms with E-state index in [4.69, 9.17) is 27.9 Å². The number of benzene rings is 3. The number of carbonyl (C=O) groups excluding carboxylic acids is 3. The maximum absolute atomic E-state index is 14.0. The van der Waals surface area contributed by atoms with Gasteiger partial charge < -0.3 is 15.4 Å². The van der Waals surface area contributed by atoms with Crippen LogP contribution in [0.15, 0.2) is 77.7 Å². The Kier molecular flexibility index (Phi) is 10.5. The number of fused-ring (bicyclic) bond motifs is 1. The Morgan fingerprint density at radius 2 is 1.72 bits per heavy atom. The summed E-state index contributed by atoms with van der Waals surface area (Å²) in [5.41, 5.74) is 3.16. The molecule has 0 spiro atoms. The molecule has 0 radical (unpaired) electrons. The lowest BCUT2D eigenvalue weighted by atomic mass is 10.1. The number of anilines is 2. The number of aryl methyl sites for hydroxylation is 1. The van der Waals surface area contributed by atoms with E-state index in [-0.39, 0.29) is 23.4 Å². The molecule has 3 aromatic carbocycles. The number of rotatable bonds is 9. The second-order valence-electron chi connectivity index (χ2n) is 9.99. The molecule has 1 aromatic heterocycles. The minimum absolute atomic E-state index is 0.249. The highest BCUT2D eigenvalue weighted by molar-refractivity contribution is 8.00. The Bertz CT molecular complexity index is 1640. The van der Waals surface area contributed by atoms with Crippen LogP contribution >= 0.6 is 46.3 Å². The van der Waals surface area contributed by atoms with Crippen LogP contribution < -0.4 is 10.6 Å². The van der Waals surface area contributed by atoms with E-state index in [2.05, 4.69) is 10.6 Å². The molecule has 0 saturated heterocycles. The Balaban J connectivity index is 1.41. The highest BCUT2D eigenvalue weighted by Gasteiger charge is 2.29. The van der Waals surface area contributed by atoms with Gasteiger partial charge in [-0.2, -0.15) is 0 Å². The van der Waals surface area contributed by atoms with Gasteiger partial charge in [0.15, 0.2) is 0 Å². The maximum atomic E-state index is 14.0. The Labute approximate surface area is 269 Å². The second kappa shape index (κ2) is 14.4. The number of esters is 1. The highest BCUT2D eigenvalue weighted by atomic mass is 35.5. The summed E-state index contributed by atoms with van der Waals surface area (Å²) in [6.07, 6.45) is 4.86. The normalized spacial score (nSPS) is 13.4. The Hall–Kier alpha value is -3.30. The van der Waals surface area contributed by atoms with Crippen LogP contribution in [0.2, 0.25) is 10.0 Å². The lowest BCUT2D eigenvalue weighted by Crippen LogP contribution is -2.20. The number of thiophene rings is 1. The molecular formula is C33H30Cl2N2O4S2. The molecule has 5 rings (SSSR count). The number of hydrogen-bond acceptors (Lipinski definition) is 6. The average molecular weight is 654 g/mol. The van der Waals surface area contributed by atoms with Crippen molar-refractivity contribution in [1.29, 1.82) is 0 Å². The van der Waals surface area contributed by atoms with Crippen molar-refractivity contribution in [2.24, 2.45) is 0 Å². The molecule has 0 saturated carbocycles. The van der Waals surface area contributed by atoms with E-state index in [1.54, 1.807) is 25.1 Å². The lowest BCUT2D eigenvalue weighted by molar-refractivity contribution is -0.115. The Morgan fingerprint density at radius 3 is 2.49 bits per heavy atom. The van der Waals surface area contributed by atoms with Crippen molar-refractivity contribution in [3.05, 3.63) is 110 Å². The number of halogens is 2. The number of hydrogen-bond donors (Lipinski definition) is 2. The summed E-state index contributed by atoms with van der Waals surface area (Å²) in [6.45, 7) is 2.04. The summed E-state index contributed by atoms with van der Waals surface area (Å²) < 4.78 is 5.41. The zero-order valence-electron chi connectivity index (χ0n) is 23.5. The van der Waals surface area contributed by atoms with Gasteiger partial charge in [-0.25, -0.2) is 4.79 Å². The van der Waals surface area contributed by atoms with Gasteiger partial charge >= 0.3 is 5.97 Å². The molecule has 6 nitrogen and oxygen atoms in total. The molecule has 1 atom stereocenters. The fourth-order valence-electron chi connectivity index (χ4n) is 4.98. The first-order chi connectivity index (χ1) is 20.8. The van der Waals surface area contributed by atoms with Crippen molar-refractivity contribution >= 4 is 74.8 Å². The van der Waals surface area contributed by atoms with Gasteiger partial charge in [0.1, 0.15) is 10.3 Å². The van der Waals surface area contributed by atoms with Crippen molar-refractivity contribution in [2.75, 3.05) is 17.2 Å². The van der Waals surface area contributed by atoms with E-state index >= 15 is 0 Å². The molecule has 1 unspecified atom stereocenters. The number of thioether (sulfide) groups is 1. The van der Waals surface area contributed by atoms with E-state index in [1.807, 2.05) is 48.5 Å². The van der Waals surface area contributed by atoms with Gasteiger partial charge in [0.25, 0.3) is 5.91 Å². The van der Waals surface area contributed by atoms with Gasteiger partial charge in [0, 0.05) is 20.5 Å².